The number of hydrogen-bond donors (Lipinski definition) is 1. The number of hydrogen-bond acceptors (Lipinski definition) is 3. The van der Waals surface area contributed by atoms with Crippen LogP contribution >= 0.6 is 11.6 Å². The van der Waals surface area contributed by atoms with E-state index >= 15 is 0 Å². The molecule has 0 heterocycles. The predicted molar refractivity (Wildman–Crippen MR) is 92.1 cm³/mol. The molecule has 2 aromatic carbocycles. The Kier molecular flexibility index (Phi) is 5.06. The second-order valence-electron chi connectivity index (χ2n) is 5.49. The fourth-order valence-corrected chi connectivity index (χ4v) is 2.68. The summed E-state index contributed by atoms with van der Waals surface area (Å²) in [5.41, 5.74) is 3.49. The lowest BCUT2D eigenvalue weighted by molar-refractivity contribution is -0.108. The van der Waals surface area contributed by atoms with Gasteiger partial charge in [0.25, 0.3) is 0 Å². The zero-order valence-corrected chi connectivity index (χ0v) is 14.0. The molecule has 0 radical (unpaired) electrons. The van der Waals surface area contributed by atoms with Crippen LogP contribution in [0.3, 0.4) is 0 Å². The summed E-state index contributed by atoms with van der Waals surface area (Å²) in [7, 11) is 1.87. The zero-order valence-electron chi connectivity index (χ0n) is 13.2. The largest absolute Gasteiger partial charge is 0.478 e. The maximum atomic E-state index is 11.2. The molecule has 23 heavy (non-hydrogen) atoms. The van der Waals surface area contributed by atoms with Crippen molar-refractivity contribution in [1.82, 2.24) is 0 Å². The standard InChI is InChI=1S/C18H18ClNO3/c1-11-8-14(5-6-15(11)18(22)23)20(3)17-7-4-13(19)9-16(17)12(2)10-21/h4-10,12H,1-3H3,(H,22,23)/t12-/m0/s1. The molecule has 0 unspecified atom stereocenters. The first kappa shape index (κ1) is 17.0. The van der Waals surface area contributed by atoms with Gasteiger partial charge in [0.15, 0.2) is 0 Å². The first-order valence-electron chi connectivity index (χ1n) is 7.17. The summed E-state index contributed by atoms with van der Waals surface area (Å²) >= 11 is 6.05. The molecule has 0 bridgehead atoms. The topological polar surface area (TPSA) is 57.6 Å². The number of carboxylic acid groups (broad SMARTS) is 1. The van der Waals surface area contributed by atoms with Gasteiger partial charge in [-0.25, -0.2) is 4.79 Å². The Morgan fingerprint density at radius 2 is 1.96 bits per heavy atom. The number of halogens is 1. The number of aromatic carboxylic acids is 1. The fraction of sp³-hybridized carbons (Fsp3) is 0.222. The first-order chi connectivity index (χ1) is 10.8. The lowest BCUT2D eigenvalue weighted by atomic mass is 9.99. The van der Waals surface area contributed by atoms with Crippen LogP contribution in [0, 0.1) is 6.92 Å². The third-order valence-electron chi connectivity index (χ3n) is 3.87. The molecule has 4 nitrogen and oxygen atoms in total. The van der Waals surface area contributed by atoms with E-state index in [1.165, 1.54) is 0 Å². The van der Waals surface area contributed by atoms with E-state index in [4.69, 9.17) is 16.7 Å². The van der Waals surface area contributed by atoms with Gasteiger partial charge < -0.3 is 14.8 Å². The Balaban J connectivity index is 2.48. The van der Waals surface area contributed by atoms with Gasteiger partial charge in [0.2, 0.25) is 0 Å². The van der Waals surface area contributed by atoms with Crippen LogP contribution in [0.25, 0.3) is 0 Å². The number of nitrogens with zero attached hydrogens (tertiary/aromatic N) is 1. The highest BCUT2D eigenvalue weighted by Crippen LogP contribution is 2.33. The second-order valence-corrected chi connectivity index (χ2v) is 5.93. The summed E-state index contributed by atoms with van der Waals surface area (Å²) in [6, 6.07) is 10.6. The van der Waals surface area contributed by atoms with E-state index in [9.17, 15) is 9.59 Å². The highest BCUT2D eigenvalue weighted by Gasteiger charge is 2.16. The Bertz CT molecular complexity index is 758. The number of anilines is 2. The first-order valence-corrected chi connectivity index (χ1v) is 7.55. The van der Waals surface area contributed by atoms with Crippen molar-refractivity contribution >= 4 is 35.2 Å². The minimum Gasteiger partial charge on any atom is -0.478 e. The van der Waals surface area contributed by atoms with Gasteiger partial charge in [-0.2, -0.15) is 0 Å². The molecule has 5 heteroatoms. The number of aldehydes is 1. The normalized spacial score (nSPS) is 11.8. The molecule has 0 spiro atoms. The number of aryl methyl sites for hydroxylation is 1. The lowest BCUT2D eigenvalue weighted by Crippen LogP contribution is -2.14. The smallest absolute Gasteiger partial charge is 0.335 e. The SMILES string of the molecule is Cc1cc(N(C)c2ccc(Cl)cc2[C@@H](C)C=O)ccc1C(=O)O. The quantitative estimate of drug-likeness (QED) is 0.824. The van der Waals surface area contributed by atoms with Crippen molar-refractivity contribution in [2.75, 3.05) is 11.9 Å². The molecule has 2 aromatic rings. The monoisotopic (exact) mass is 331 g/mol. The van der Waals surface area contributed by atoms with Gasteiger partial charge in [-0.15, -0.1) is 0 Å². The Morgan fingerprint density at radius 1 is 1.26 bits per heavy atom. The minimum absolute atomic E-state index is 0.278. The molecular weight excluding hydrogens is 314 g/mol. The summed E-state index contributed by atoms with van der Waals surface area (Å²) in [6.45, 7) is 3.58. The average Bonchev–Trinajstić information content (AvgIpc) is 2.52. The molecule has 1 N–H and O–H groups in total. The minimum atomic E-state index is -0.946. The van der Waals surface area contributed by atoms with Gasteiger partial charge in [-0.05, 0) is 54.4 Å². The van der Waals surface area contributed by atoms with Crippen LogP contribution in [0.5, 0.6) is 0 Å². The average molecular weight is 332 g/mol. The molecule has 0 saturated carbocycles. The van der Waals surface area contributed by atoms with Gasteiger partial charge >= 0.3 is 5.97 Å². The van der Waals surface area contributed by atoms with Gasteiger partial charge in [0.05, 0.1) is 5.56 Å². The molecule has 0 aliphatic carbocycles. The number of benzene rings is 2. The molecule has 0 amide bonds. The number of carboxylic acids is 1. The molecule has 120 valence electrons. The lowest BCUT2D eigenvalue weighted by Gasteiger charge is -2.24. The van der Waals surface area contributed by atoms with E-state index in [2.05, 4.69) is 0 Å². The molecule has 2 rings (SSSR count). The van der Waals surface area contributed by atoms with Crippen LogP contribution in [0.4, 0.5) is 11.4 Å². The Morgan fingerprint density at radius 3 is 2.52 bits per heavy atom. The van der Waals surface area contributed by atoms with Crippen LogP contribution in [0.15, 0.2) is 36.4 Å². The second kappa shape index (κ2) is 6.84. The summed E-state index contributed by atoms with van der Waals surface area (Å²) in [5.74, 6) is -1.23. The maximum Gasteiger partial charge on any atom is 0.335 e. The third-order valence-corrected chi connectivity index (χ3v) is 4.11. The third kappa shape index (κ3) is 3.54. The van der Waals surface area contributed by atoms with E-state index in [0.717, 1.165) is 23.2 Å². The van der Waals surface area contributed by atoms with E-state index in [1.54, 1.807) is 31.2 Å². The number of rotatable bonds is 5. The van der Waals surface area contributed by atoms with Crippen molar-refractivity contribution in [3.05, 3.63) is 58.1 Å². The molecular formula is C18H18ClNO3. The van der Waals surface area contributed by atoms with Crippen LogP contribution in [0.1, 0.15) is 34.3 Å². The molecule has 0 saturated heterocycles. The predicted octanol–water partition coefficient (Wildman–Crippen LogP) is 4.42. The van der Waals surface area contributed by atoms with Gasteiger partial charge in [0, 0.05) is 29.4 Å². The van der Waals surface area contributed by atoms with E-state index in [-0.39, 0.29) is 11.5 Å². The summed E-state index contributed by atoms with van der Waals surface area (Å²) in [5, 5.41) is 9.70. The van der Waals surface area contributed by atoms with E-state index in [0.29, 0.717) is 10.6 Å². The van der Waals surface area contributed by atoms with Gasteiger partial charge in [0.1, 0.15) is 6.29 Å². The van der Waals surface area contributed by atoms with Crippen LogP contribution in [-0.4, -0.2) is 24.4 Å². The summed E-state index contributed by atoms with van der Waals surface area (Å²) in [4.78, 5) is 24.2. The number of carbonyl (C=O) groups is 2. The molecule has 1 atom stereocenters. The van der Waals surface area contributed by atoms with Crippen molar-refractivity contribution in [1.29, 1.82) is 0 Å². The highest BCUT2D eigenvalue weighted by molar-refractivity contribution is 6.30. The van der Waals surface area contributed by atoms with Gasteiger partial charge in [-0.1, -0.05) is 18.5 Å². The fourth-order valence-electron chi connectivity index (χ4n) is 2.50. The van der Waals surface area contributed by atoms with Crippen LogP contribution < -0.4 is 4.90 Å². The highest BCUT2D eigenvalue weighted by atomic mass is 35.5. The van der Waals surface area contributed by atoms with E-state index < -0.39 is 5.97 Å². The summed E-state index contributed by atoms with van der Waals surface area (Å²) < 4.78 is 0. The summed E-state index contributed by atoms with van der Waals surface area (Å²) in [6.07, 6.45) is 0.877. The van der Waals surface area contributed by atoms with Gasteiger partial charge in [-0.3, -0.25) is 0 Å². The Labute approximate surface area is 140 Å². The molecule has 0 aliphatic rings. The zero-order chi connectivity index (χ0) is 17.1. The van der Waals surface area contributed by atoms with E-state index in [1.807, 2.05) is 31.0 Å². The maximum absolute atomic E-state index is 11.2. The Hall–Kier alpha value is -2.33. The van der Waals surface area contributed by atoms with Crippen molar-refractivity contribution in [3.63, 3.8) is 0 Å². The van der Waals surface area contributed by atoms with Crippen molar-refractivity contribution in [3.8, 4) is 0 Å². The van der Waals surface area contributed by atoms with Crippen molar-refractivity contribution < 1.29 is 14.7 Å². The van der Waals surface area contributed by atoms with Crippen molar-refractivity contribution in [2.45, 2.75) is 19.8 Å². The van der Waals surface area contributed by atoms with Crippen molar-refractivity contribution in [2.24, 2.45) is 0 Å². The molecule has 0 aromatic heterocycles. The number of carbonyl (C=O) groups excluding carboxylic acids is 1. The molecule has 0 aliphatic heterocycles. The van der Waals surface area contributed by atoms with Crippen LogP contribution in [-0.2, 0) is 4.79 Å². The molecule has 0 fully saturated rings. The van der Waals surface area contributed by atoms with Crippen LogP contribution in [0.2, 0.25) is 5.02 Å².